The van der Waals surface area contributed by atoms with E-state index in [-0.39, 0.29) is 13.0 Å². The standard InChI is InChI=1S/C12H15F2NO6S2/c1-2-7-15(8-11(16)17)23(20,21)10-6-4-3-5-9(10)22(18,19)12(13)14/h3-6,12H,2,7-8H2,1H3,(H,16,17). The van der Waals surface area contributed by atoms with Crippen LogP contribution in [0.25, 0.3) is 0 Å². The Kier molecular flexibility index (Phi) is 6.19. The van der Waals surface area contributed by atoms with Crippen LogP contribution in [0, 0.1) is 0 Å². The second-order valence-electron chi connectivity index (χ2n) is 4.48. The van der Waals surface area contributed by atoms with Gasteiger partial charge in [0.05, 0.1) is 4.90 Å². The van der Waals surface area contributed by atoms with Gasteiger partial charge in [-0.15, -0.1) is 0 Å². The van der Waals surface area contributed by atoms with Crippen LogP contribution in [0.3, 0.4) is 0 Å². The van der Waals surface area contributed by atoms with Crippen LogP contribution < -0.4 is 0 Å². The molecule has 0 atom stereocenters. The van der Waals surface area contributed by atoms with Gasteiger partial charge in [0.15, 0.2) is 0 Å². The van der Waals surface area contributed by atoms with Crippen molar-refractivity contribution in [3.05, 3.63) is 24.3 Å². The molecule has 0 saturated carbocycles. The molecule has 0 radical (unpaired) electrons. The highest BCUT2D eigenvalue weighted by Gasteiger charge is 2.35. The second kappa shape index (κ2) is 7.32. The monoisotopic (exact) mass is 371 g/mol. The number of rotatable bonds is 8. The molecule has 0 aliphatic carbocycles. The number of aliphatic carboxylic acids is 1. The SMILES string of the molecule is CCCN(CC(=O)O)S(=O)(=O)c1ccccc1S(=O)(=O)C(F)F. The highest BCUT2D eigenvalue weighted by Crippen LogP contribution is 2.28. The number of carbonyl (C=O) groups is 1. The molecule has 1 aromatic carbocycles. The van der Waals surface area contributed by atoms with Gasteiger partial charge in [0.1, 0.15) is 11.4 Å². The molecule has 1 N–H and O–H groups in total. The lowest BCUT2D eigenvalue weighted by molar-refractivity contribution is -0.137. The zero-order valence-corrected chi connectivity index (χ0v) is 13.6. The maximum absolute atomic E-state index is 12.7. The lowest BCUT2D eigenvalue weighted by Gasteiger charge is -2.21. The number of alkyl halides is 2. The number of sulfone groups is 1. The first-order valence-electron chi connectivity index (χ1n) is 6.38. The van der Waals surface area contributed by atoms with Crippen LogP contribution in [-0.2, 0) is 24.7 Å². The summed E-state index contributed by atoms with van der Waals surface area (Å²) in [7, 11) is -9.72. The summed E-state index contributed by atoms with van der Waals surface area (Å²) in [6.07, 6.45) is 0.260. The molecule has 0 amide bonds. The number of nitrogens with zero attached hydrogens (tertiary/aromatic N) is 1. The fourth-order valence-electron chi connectivity index (χ4n) is 1.82. The lowest BCUT2D eigenvalue weighted by atomic mass is 10.4. The van der Waals surface area contributed by atoms with E-state index in [4.69, 9.17) is 5.11 Å². The Morgan fingerprint density at radius 2 is 1.70 bits per heavy atom. The Morgan fingerprint density at radius 3 is 2.13 bits per heavy atom. The third-order valence-electron chi connectivity index (χ3n) is 2.79. The van der Waals surface area contributed by atoms with Crippen molar-refractivity contribution in [1.29, 1.82) is 0 Å². The first-order chi connectivity index (χ1) is 10.5. The maximum Gasteiger partial charge on any atom is 0.341 e. The van der Waals surface area contributed by atoms with E-state index >= 15 is 0 Å². The van der Waals surface area contributed by atoms with Crippen molar-refractivity contribution in [1.82, 2.24) is 4.31 Å². The summed E-state index contributed by atoms with van der Waals surface area (Å²) >= 11 is 0. The Hall–Kier alpha value is -1.59. The summed E-state index contributed by atoms with van der Waals surface area (Å²) in [6.45, 7) is 0.489. The molecule has 1 aromatic rings. The van der Waals surface area contributed by atoms with Crippen molar-refractivity contribution >= 4 is 25.8 Å². The normalized spacial score (nSPS) is 12.7. The molecular weight excluding hydrogens is 356 g/mol. The van der Waals surface area contributed by atoms with Gasteiger partial charge < -0.3 is 5.11 Å². The average Bonchev–Trinajstić information content (AvgIpc) is 2.46. The third kappa shape index (κ3) is 4.24. The minimum absolute atomic E-state index is 0.197. The summed E-state index contributed by atoms with van der Waals surface area (Å²) < 4.78 is 74.3. The third-order valence-corrected chi connectivity index (χ3v) is 6.26. The highest BCUT2D eigenvalue weighted by molar-refractivity contribution is 7.93. The molecule has 23 heavy (non-hydrogen) atoms. The van der Waals surface area contributed by atoms with Gasteiger partial charge in [-0.3, -0.25) is 4.79 Å². The molecule has 130 valence electrons. The molecule has 0 fully saturated rings. The van der Waals surface area contributed by atoms with E-state index in [1.54, 1.807) is 6.92 Å². The molecule has 0 aliphatic rings. The molecule has 0 saturated heterocycles. The molecule has 0 aliphatic heterocycles. The smallest absolute Gasteiger partial charge is 0.341 e. The predicted molar refractivity (Wildman–Crippen MR) is 76.3 cm³/mol. The van der Waals surface area contributed by atoms with Gasteiger partial charge in [-0.2, -0.15) is 13.1 Å². The summed E-state index contributed by atoms with van der Waals surface area (Å²) in [6, 6.07) is 3.88. The number of sulfonamides is 1. The van der Waals surface area contributed by atoms with E-state index < -0.39 is 47.9 Å². The van der Waals surface area contributed by atoms with E-state index in [9.17, 15) is 30.4 Å². The van der Waals surface area contributed by atoms with Crippen molar-refractivity contribution in [2.75, 3.05) is 13.1 Å². The molecule has 0 spiro atoms. The molecule has 0 bridgehead atoms. The largest absolute Gasteiger partial charge is 0.480 e. The molecule has 1 rings (SSSR count). The van der Waals surface area contributed by atoms with Gasteiger partial charge in [-0.25, -0.2) is 16.8 Å². The van der Waals surface area contributed by atoms with Crippen LogP contribution in [0.4, 0.5) is 8.78 Å². The van der Waals surface area contributed by atoms with Gasteiger partial charge in [0.25, 0.3) is 0 Å². The average molecular weight is 371 g/mol. The van der Waals surface area contributed by atoms with E-state index in [0.29, 0.717) is 4.31 Å². The van der Waals surface area contributed by atoms with Gasteiger partial charge in [0, 0.05) is 6.54 Å². The van der Waals surface area contributed by atoms with Gasteiger partial charge in [-0.05, 0) is 18.6 Å². The van der Waals surface area contributed by atoms with Gasteiger partial charge in [-0.1, -0.05) is 19.1 Å². The molecule has 11 heteroatoms. The number of carboxylic acid groups (broad SMARTS) is 1. The van der Waals surface area contributed by atoms with Crippen molar-refractivity contribution in [2.24, 2.45) is 0 Å². The number of hydrogen-bond donors (Lipinski definition) is 1. The maximum atomic E-state index is 12.7. The molecule has 0 heterocycles. The minimum atomic E-state index is -5.15. The topological polar surface area (TPSA) is 109 Å². The van der Waals surface area contributed by atoms with Crippen molar-refractivity contribution < 1.29 is 35.5 Å². The summed E-state index contributed by atoms with van der Waals surface area (Å²) in [5.41, 5.74) is 0. The van der Waals surface area contributed by atoms with E-state index in [1.807, 2.05) is 0 Å². The van der Waals surface area contributed by atoms with Gasteiger partial charge in [0.2, 0.25) is 19.9 Å². The van der Waals surface area contributed by atoms with Crippen LogP contribution in [0.2, 0.25) is 0 Å². The quantitative estimate of drug-likeness (QED) is 0.735. The van der Waals surface area contributed by atoms with E-state index in [2.05, 4.69) is 0 Å². The van der Waals surface area contributed by atoms with Crippen LogP contribution in [-0.4, -0.2) is 51.1 Å². The lowest BCUT2D eigenvalue weighted by Crippen LogP contribution is -2.37. The van der Waals surface area contributed by atoms with E-state index in [1.165, 1.54) is 6.07 Å². The van der Waals surface area contributed by atoms with Crippen molar-refractivity contribution in [3.63, 3.8) is 0 Å². The van der Waals surface area contributed by atoms with Crippen molar-refractivity contribution in [2.45, 2.75) is 28.9 Å². The van der Waals surface area contributed by atoms with Crippen LogP contribution in [0.5, 0.6) is 0 Å². The Morgan fingerprint density at radius 1 is 1.17 bits per heavy atom. The Bertz CT molecular complexity index is 776. The Balaban J connectivity index is 3.53. The summed E-state index contributed by atoms with van der Waals surface area (Å²) in [4.78, 5) is 8.89. The van der Waals surface area contributed by atoms with Crippen LogP contribution in [0.1, 0.15) is 13.3 Å². The highest BCUT2D eigenvalue weighted by atomic mass is 32.2. The summed E-state index contributed by atoms with van der Waals surface area (Å²) in [5.74, 6) is -5.24. The van der Waals surface area contributed by atoms with Crippen LogP contribution in [0.15, 0.2) is 34.1 Å². The molecular formula is C12H15F2NO6S2. The van der Waals surface area contributed by atoms with E-state index in [0.717, 1.165) is 18.2 Å². The number of halogens is 2. The first kappa shape index (κ1) is 19.5. The molecule has 7 nitrogen and oxygen atoms in total. The summed E-state index contributed by atoms with van der Waals surface area (Å²) in [5, 5.41) is 8.79. The fraction of sp³-hybridized carbons (Fsp3) is 0.417. The fourth-order valence-corrected chi connectivity index (χ4v) is 4.85. The second-order valence-corrected chi connectivity index (χ2v) is 8.28. The molecule has 0 aromatic heterocycles. The molecule has 0 unspecified atom stereocenters. The number of benzene rings is 1. The zero-order valence-electron chi connectivity index (χ0n) is 12.0. The minimum Gasteiger partial charge on any atom is -0.480 e. The van der Waals surface area contributed by atoms with Crippen LogP contribution >= 0.6 is 0 Å². The number of carboxylic acids is 1. The Labute approximate surface area is 132 Å². The predicted octanol–water partition coefficient (Wildman–Crippen LogP) is 1.17. The number of hydrogen-bond acceptors (Lipinski definition) is 5. The zero-order chi connectivity index (χ0) is 17.8. The van der Waals surface area contributed by atoms with Crippen molar-refractivity contribution in [3.8, 4) is 0 Å². The van der Waals surface area contributed by atoms with Gasteiger partial charge >= 0.3 is 11.7 Å². The first-order valence-corrected chi connectivity index (χ1v) is 9.36.